The molecule has 2 aromatic carbocycles. The van der Waals surface area contributed by atoms with Gasteiger partial charge in [0.15, 0.2) is 5.78 Å². The smallest absolute Gasteiger partial charge is 0.246 e. The first-order valence-corrected chi connectivity index (χ1v) is 14.2. The van der Waals surface area contributed by atoms with E-state index in [4.69, 9.17) is 5.73 Å². The van der Waals surface area contributed by atoms with Gasteiger partial charge in [0.25, 0.3) is 0 Å². The third-order valence-electron chi connectivity index (χ3n) is 7.14. The predicted molar refractivity (Wildman–Crippen MR) is 162 cm³/mol. The first kappa shape index (κ1) is 32.1. The van der Waals surface area contributed by atoms with Crippen molar-refractivity contribution in [3.63, 3.8) is 0 Å². The van der Waals surface area contributed by atoms with Crippen LogP contribution in [0, 0.1) is 5.82 Å². The molecule has 0 saturated carbocycles. The zero-order valence-corrected chi connectivity index (χ0v) is 24.0. The molecule has 2 atom stereocenters. The molecule has 0 spiro atoms. The van der Waals surface area contributed by atoms with Crippen molar-refractivity contribution in [2.75, 3.05) is 11.9 Å². The highest BCUT2D eigenvalue weighted by Gasteiger charge is 2.36. The fourth-order valence-corrected chi connectivity index (χ4v) is 4.78. The van der Waals surface area contributed by atoms with Crippen molar-refractivity contribution in [2.24, 2.45) is 5.73 Å². The number of carbonyl (C=O) groups is 4. The number of nitrogens with one attached hydrogen (secondary N) is 2. The molecule has 0 bridgehead atoms. The summed E-state index contributed by atoms with van der Waals surface area (Å²) in [5.41, 5.74) is 8.29. The molecule has 0 radical (unpaired) electrons. The number of rotatable bonds is 14. The van der Waals surface area contributed by atoms with Gasteiger partial charge in [-0.25, -0.2) is 4.39 Å². The van der Waals surface area contributed by atoms with E-state index in [2.05, 4.69) is 17.2 Å². The normalized spacial score (nSPS) is 15.5. The van der Waals surface area contributed by atoms with Gasteiger partial charge >= 0.3 is 0 Å². The van der Waals surface area contributed by atoms with E-state index in [1.807, 2.05) is 24.3 Å². The fourth-order valence-electron chi connectivity index (χ4n) is 4.78. The first-order valence-electron chi connectivity index (χ1n) is 14.2. The maximum absolute atomic E-state index is 13.7. The first-order chi connectivity index (χ1) is 20.2. The molecule has 3 rings (SSSR count). The molecule has 0 saturated heterocycles. The SMILES string of the molecule is C=C/C=C\C=C(/C)C(=O)CCC(=O)N1Cc2ccccc2C[C@H]1C(=O)N[C@@H](CCCCN)C(=O)Nc1cccc(F)c1. The van der Waals surface area contributed by atoms with Crippen LogP contribution >= 0.6 is 0 Å². The lowest BCUT2D eigenvalue weighted by molar-refractivity contribution is -0.143. The molecule has 1 aliphatic rings. The second-order valence-corrected chi connectivity index (χ2v) is 10.2. The van der Waals surface area contributed by atoms with Crippen LogP contribution in [0.1, 0.15) is 50.2 Å². The number of amides is 3. The number of carbonyl (C=O) groups excluding carboxylic acids is 4. The van der Waals surface area contributed by atoms with Crippen LogP contribution in [0.5, 0.6) is 0 Å². The van der Waals surface area contributed by atoms with Crippen LogP contribution in [0.15, 0.2) is 85.0 Å². The summed E-state index contributed by atoms with van der Waals surface area (Å²) in [5.74, 6) is -1.94. The summed E-state index contributed by atoms with van der Waals surface area (Å²) in [6.07, 6.45) is 8.48. The minimum Gasteiger partial charge on any atom is -0.342 e. The summed E-state index contributed by atoms with van der Waals surface area (Å²) >= 11 is 0. The molecular formula is C33H39FN4O4. The van der Waals surface area contributed by atoms with E-state index in [9.17, 15) is 23.6 Å². The average molecular weight is 575 g/mol. The van der Waals surface area contributed by atoms with Gasteiger partial charge in [0.2, 0.25) is 17.7 Å². The molecule has 0 aliphatic carbocycles. The molecule has 8 nitrogen and oxygen atoms in total. The minimum atomic E-state index is -0.917. The van der Waals surface area contributed by atoms with E-state index in [1.165, 1.54) is 23.1 Å². The second kappa shape index (κ2) is 16.2. The summed E-state index contributed by atoms with van der Waals surface area (Å²) in [6.45, 7) is 5.93. The van der Waals surface area contributed by atoms with Crippen LogP contribution in [0.4, 0.5) is 10.1 Å². The molecule has 4 N–H and O–H groups in total. The standard InChI is InChI=1S/C33H39FN4O4/c1-3-4-5-11-23(2)30(39)17-18-31(40)38-22-25-13-7-6-12-24(25)20-29(38)33(42)37-28(16-8-9-19-35)32(41)36-27-15-10-14-26(34)21-27/h3-7,10-15,21,28-29H,1,8-9,16-20,22,35H2,2H3,(H,36,41)(H,37,42)/b5-4-,23-11+/t28-,29-/m0/s1. The Labute approximate surface area is 246 Å². The molecule has 1 aliphatic heterocycles. The van der Waals surface area contributed by atoms with Gasteiger partial charge in [0.05, 0.1) is 0 Å². The monoisotopic (exact) mass is 574 g/mol. The minimum absolute atomic E-state index is 0.00728. The molecule has 42 heavy (non-hydrogen) atoms. The quantitative estimate of drug-likeness (QED) is 0.176. The zero-order valence-electron chi connectivity index (χ0n) is 24.0. The van der Waals surface area contributed by atoms with Gasteiger partial charge in [-0.2, -0.15) is 0 Å². The Kier molecular flexibility index (Phi) is 12.4. The molecule has 0 aromatic heterocycles. The van der Waals surface area contributed by atoms with Crippen molar-refractivity contribution in [3.05, 3.63) is 102 Å². The van der Waals surface area contributed by atoms with Crippen molar-refractivity contribution in [1.29, 1.82) is 0 Å². The van der Waals surface area contributed by atoms with Crippen molar-refractivity contribution < 1.29 is 23.6 Å². The molecular weight excluding hydrogens is 535 g/mol. The Hall–Kier alpha value is -4.37. The maximum atomic E-state index is 13.7. The molecule has 9 heteroatoms. The highest BCUT2D eigenvalue weighted by Crippen LogP contribution is 2.25. The van der Waals surface area contributed by atoms with Gasteiger partial charge in [0.1, 0.15) is 17.9 Å². The highest BCUT2D eigenvalue weighted by atomic mass is 19.1. The lowest BCUT2D eigenvalue weighted by Crippen LogP contribution is -2.56. The lowest BCUT2D eigenvalue weighted by atomic mass is 9.92. The van der Waals surface area contributed by atoms with Crippen molar-refractivity contribution in [2.45, 2.75) is 64.1 Å². The number of unbranched alkanes of at least 4 members (excludes halogenated alkanes) is 1. The molecule has 222 valence electrons. The van der Waals surface area contributed by atoms with Gasteiger partial charge in [-0.3, -0.25) is 19.2 Å². The van der Waals surface area contributed by atoms with Crippen LogP contribution in [0.2, 0.25) is 0 Å². The van der Waals surface area contributed by atoms with E-state index >= 15 is 0 Å². The van der Waals surface area contributed by atoms with Crippen LogP contribution in [-0.4, -0.2) is 47.0 Å². The Morgan fingerprint density at radius 3 is 2.55 bits per heavy atom. The van der Waals surface area contributed by atoms with Crippen molar-refractivity contribution in [1.82, 2.24) is 10.2 Å². The topological polar surface area (TPSA) is 122 Å². The van der Waals surface area contributed by atoms with E-state index < -0.39 is 29.7 Å². The third kappa shape index (κ3) is 9.34. The van der Waals surface area contributed by atoms with Crippen molar-refractivity contribution >= 4 is 29.2 Å². The third-order valence-corrected chi connectivity index (χ3v) is 7.14. The van der Waals surface area contributed by atoms with Crippen LogP contribution in [0.3, 0.4) is 0 Å². The summed E-state index contributed by atoms with van der Waals surface area (Å²) in [7, 11) is 0. The van der Waals surface area contributed by atoms with E-state index in [0.717, 1.165) is 11.1 Å². The number of anilines is 1. The summed E-state index contributed by atoms with van der Waals surface area (Å²) < 4.78 is 13.7. The number of nitrogens with zero attached hydrogens (tertiary/aromatic N) is 1. The van der Waals surface area contributed by atoms with E-state index in [1.54, 1.807) is 37.3 Å². The number of hydrogen-bond donors (Lipinski definition) is 3. The Morgan fingerprint density at radius 1 is 1.07 bits per heavy atom. The van der Waals surface area contributed by atoms with Gasteiger partial charge in [0, 0.05) is 31.5 Å². The molecule has 0 unspecified atom stereocenters. The highest BCUT2D eigenvalue weighted by molar-refractivity contribution is 5.99. The van der Waals surface area contributed by atoms with Gasteiger partial charge in [-0.15, -0.1) is 0 Å². The number of allylic oxidation sites excluding steroid dienone is 5. The van der Waals surface area contributed by atoms with Gasteiger partial charge < -0.3 is 21.3 Å². The number of hydrogen-bond acceptors (Lipinski definition) is 5. The number of halogens is 1. The number of Topliss-reactive ketones (excluding diaryl/α,β-unsaturated/α-hetero) is 1. The predicted octanol–water partition coefficient (Wildman–Crippen LogP) is 4.37. The van der Waals surface area contributed by atoms with Crippen molar-refractivity contribution in [3.8, 4) is 0 Å². The second-order valence-electron chi connectivity index (χ2n) is 10.2. The van der Waals surface area contributed by atoms with E-state index in [0.29, 0.717) is 31.4 Å². The summed E-state index contributed by atoms with van der Waals surface area (Å²) in [5, 5.41) is 5.51. The number of benzene rings is 2. The number of nitrogens with two attached hydrogens (primary N) is 1. The molecule has 0 fully saturated rings. The van der Waals surface area contributed by atoms with Gasteiger partial charge in [-0.1, -0.05) is 61.2 Å². The van der Waals surface area contributed by atoms with Crippen LogP contribution in [0.25, 0.3) is 0 Å². The number of fused-ring (bicyclic) bond motifs is 1. The van der Waals surface area contributed by atoms with Crippen LogP contribution < -0.4 is 16.4 Å². The Balaban J connectivity index is 1.77. The zero-order chi connectivity index (χ0) is 30.5. The van der Waals surface area contributed by atoms with Crippen LogP contribution in [-0.2, 0) is 32.1 Å². The fraction of sp³-hybridized carbons (Fsp3) is 0.333. The summed E-state index contributed by atoms with van der Waals surface area (Å²) in [4.78, 5) is 54.4. The molecule has 2 aromatic rings. The van der Waals surface area contributed by atoms with Gasteiger partial charge in [-0.05, 0) is 67.6 Å². The average Bonchev–Trinajstić information content (AvgIpc) is 2.98. The Morgan fingerprint density at radius 2 is 1.83 bits per heavy atom. The number of ketones is 1. The maximum Gasteiger partial charge on any atom is 0.246 e. The molecule has 3 amide bonds. The largest absolute Gasteiger partial charge is 0.342 e. The summed E-state index contributed by atoms with van der Waals surface area (Å²) in [6, 6.07) is 11.3. The van der Waals surface area contributed by atoms with E-state index in [-0.39, 0.29) is 43.2 Å². The lowest BCUT2D eigenvalue weighted by Gasteiger charge is -2.37. The molecule has 1 heterocycles. The Bertz CT molecular complexity index is 1350.